The fraction of sp³-hybridized carbons (Fsp3) is 0.500. The van der Waals surface area contributed by atoms with E-state index in [9.17, 15) is 9.59 Å². The molecule has 0 aliphatic carbocycles. The first-order chi connectivity index (χ1) is 9.59. The maximum atomic E-state index is 12.3. The van der Waals surface area contributed by atoms with E-state index in [4.69, 9.17) is 5.11 Å². The van der Waals surface area contributed by atoms with E-state index in [1.54, 1.807) is 24.3 Å². The molecule has 0 saturated carbocycles. The van der Waals surface area contributed by atoms with Crippen LogP contribution in [0.25, 0.3) is 0 Å². The van der Waals surface area contributed by atoms with Gasteiger partial charge in [0.25, 0.3) is 0 Å². The molecule has 0 aromatic carbocycles. The van der Waals surface area contributed by atoms with E-state index in [0.717, 1.165) is 18.4 Å². The van der Waals surface area contributed by atoms with Crippen molar-refractivity contribution in [2.45, 2.75) is 25.3 Å². The number of likely N-dealkylation sites (N-methyl/N-ethyl adjacent to an activating group) is 1. The van der Waals surface area contributed by atoms with Crippen molar-refractivity contribution in [1.29, 1.82) is 0 Å². The molecule has 0 radical (unpaired) electrons. The van der Waals surface area contributed by atoms with Crippen LogP contribution in [0.15, 0.2) is 24.5 Å². The van der Waals surface area contributed by atoms with Gasteiger partial charge in [-0.15, -0.1) is 0 Å². The first-order valence-corrected chi connectivity index (χ1v) is 6.73. The quantitative estimate of drug-likeness (QED) is 0.898. The second kappa shape index (κ2) is 6.36. The van der Waals surface area contributed by atoms with Gasteiger partial charge in [-0.25, -0.2) is 9.59 Å². The number of aliphatic carboxylic acids is 1. The molecular formula is C14H19N3O3. The third-order valence-electron chi connectivity index (χ3n) is 3.60. The lowest BCUT2D eigenvalue weighted by atomic mass is 10.2. The van der Waals surface area contributed by atoms with Gasteiger partial charge in [-0.2, -0.15) is 0 Å². The minimum Gasteiger partial charge on any atom is -0.480 e. The molecule has 1 aromatic heterocycles. The molecule has 0 unspecified atom stereocenters. The van der Waals surface area contributed by atoms with Crippen LogP contribution in [0.4, 0.5) is 4.79 Å². The molecule has 1 fully saturated rings. The van der Waals surface area contributed by atoms with Crippen LogP contribution in [0.3, 0.4) is 0 Å². The molecule has 1 aliphatic rings. The van der Waals surface area contributed by atoms with E-state index in [2.05, 4.69) is 4.98 Å². The summed E-state index contributed by atoms with van der Waals surface area (Å²) < 4.78 is 0. The highest BCUT2D eigenvalue weighted by Crippen LogP contribution is 2.19. The maximum Gasteiger partial charge on any atom is 0.326 e. The molecule has 2 heterocycles. The summed E-state index contributed by atoms with van der Waals surface area (Å²) >= 11 is 0. The highest BCUT2D eigenvalue weighted by atomic mass is 16.4. The number of carboxylic acid groups (broad SMARTS) is 1. The average molecular weight is 277 g/mol. The van der Waals surface area contributed by atoms with Gasteiger partial charge in [0, 0.05) is 32.5 Å². The van der Waals surface area contributed by atoms with Crippen molar-refractivity contribution in [1.82, 2.24) is 14.8 Å². The number of carboxylic acids is 1. The number of nitrogens with zero attached hydrogens (tertiary/aromatic N) is 3. The third kappa shape index (κ3) is 3.26. The Kier molecular flexibility index (Phi) is 4.55. The number of hydrogen-bond donors (Lipinski definition) is 1. The van der Waals surface area contributed by atoms with Gasteiger partial charge < -0.3 is 14.9 Å². The van der Waals surface area contributed by atoms with E-state index >= 15 is 0 Å². The average Bonchev–Trinajstić information content (AvgIpc) is 2.94. The van der Waals surface area contributed by atoms with E-state index in [1.165, 1.54) is 4.90 Å². The molecule has 2 rings (SSSR count). The Hall–Kier alpha value is -2.11. The Balaban J connectivity index is 1.90. The van der Waals surface area contributed by atoms with Crippen LogP contribution < -0.4 is 0 Å². The van der Waals surface area contributed by atoms with Crippen LogP contribution in [0, 0.1) is 0 Å². The summed E-state index contributed by atoms with van der Waals surface area (Å²) in [5.74, 6) is -0.918. The van der Waals surface area contributed by atoms with Crippen molar-refractivity contribution in [3.63, 3.8) is 0 Å². The van der Waals surface area contributed by atoms with Crippen LogP contribution in [0.2, 0.25) is 0 Å². The molecule has 6 nitrogen and oxygen atoms in total. The SMILES string of the molecule is CN(CCc1ccncc1)C(=O)N1CCC[C@H]1C(=O)O. The summed E-state index contributed by atoms with van der Waals surface area (Å²) in [5, 5.41) is 9.10. The molecule has 6 heteroatoms. The summed E-state index contributed by atoms with van der Waals surface area (Å²) in [4.78, 5) is 30.3. The van der Waals surface area contributed by atoms with Gasteiger partial charge in [0.15, 0.2) is 0 Å². The first-order valence-electron chi connectivity index (χ1n) is 6.73. The molecule has 108 valence electrons. The van der Waals surface area contributed by atoms with Crippen molar-refractivity contribution in [3.05, 3.63) is 30.1 Å². The Morgan fingerprint density at radius 3 is 2.80 bits per heavy atom. The highest BCUT2D eigenvalue weighted by Gasteiger charge is 2.35. The highest BCUT2D eigenvalue weighted by molar-refractivity contribution is 5.83. The normalized spacial score (nSPS) is 18.1. The van der Waals surface area contributed by atoms with E-state index in [-0.39, 0.29) is 6.03 Å². The Labute approximate surface area is 118 Å². The number of aromatic nitrogens is 1. The zero-order valence-electron chi connectivity index (χ0n) is 11.5. The smallest absolute Gasteiger partial charge is 0.326 e. The third-order valence-corrected chi connectivity index (χ3v) is 3.60. The number of pyridine rings is 1. The number of amides is 2. The predicted molar refractivity (Wildman–Crippen MR) is 73.3 cm³/mol. The van der Waals surface area contributed by atoms with Crippen molar-refractivity contribution in [2.75, 3.05) is 20.1 Å². The van der Waals surface area contributed by atoms with Crippen LogP contribution in [-0.2, 0) is 11.2 Å². The summed E-state index contributed by atoms with van der Waals surface area (Å²) in [6, 6.07) is 2.94. The fourth-order valence-electron chi connectivity index (χ4n) is 2.41. The number of carbonyl (C=O) groups excluding carboxylic acids is 1. The maximum absolute atomic E-state index is 12.3. The fourth-order valence-corrected chi connectivity index (χ4v) is 2.41. The van der Waals surface area contributed by atoms with Gasteiger partial charge in [0.2, 0.25) is 0 Å². The van der Waals surface area contributed by atoms with Gasteiger partial charge in [-0.05, 0) is 37.0 Å². The minimum absolute atomic E-state index is 0.205. The van der Waals surface area contributed by atoms with Crippen LogP contribution in [0.1, 0.15) is 18.4 Å². The Bertz CT molecular complexity index is 478. The van der Waals surface area contributed by atoms with Gasteiger partial charge in [-0.1, -0.05) is 0 Å². The summed E-state index contributed by atoms with van der Waals surface area (Å²) in [6.45, 7) is 1.08. The lowest BCUT2D eigenvalue weighted by Crippen LogP contribution is -2.47. The number of rotatable bonds is 4. The molecule has 0 bridgehead atoms. The second-order valence-electron chi connectivity index (χ2n) is 5.00. The Morgan fingerprint density at radius 1 is 1.45 bits per heavy atom. The van der Waals surface area contributed by atoms with Crippen molar-refractivity contribution in [3.8, 4) is 0 Å². The zero-order valence-corrected chi connectivity index (χ0v) is 11.5. The first kappa shape index (κ1) is 14.3. The number of urea groups is 1. The largest absolute Gasteiger partial charge is 0.480 e. The summed E-state index contributed by atoms with van der Waals surface area (Å²) in [7, 11) is 1.71. The number of carbonyl (C=O) groups is 2. The second-order valence-corrected chi connectivity index (χ2v) is 5.00. The molecule has 1 atom stereocenters. The topological polar surface area (TPSA) is 73.7 Å². The Morgan fingerprint density at radius 2 is 2.15 bits per heavy atom. The number of hydrogen-bond acceptors (Lipinski definition) is 3. The molecule has 1 saturated heterocycles. The lowest BCUT2D eigenvalue weighted by molar-refractivity contribution is -0.141. The predicted octanol–water partition coefficient (Wildman–Crippen LogP) is 1.22. The van der Waals surface area contributed by atoms with Crippen molar-refractivity contribution < 1.29 is 14.7 Å². The molecule has 0 spiro atoms. The van der Waals surface area contributed by atoms with E-state index < -0.39 is 12.0 Å². The molecule has 1 aliphatic heterocycles. The standard InChI is InChI=1S/C14H19N3O3/c1-16(10-6-11-4-7-15-8-5-11)14(20)17-9-2-3-12(17)13(18)19/h4-5,7-8,12H,2-3,6,9-10H2,1H3,(H,18,19)/t12-/m0/s1. The molecular weight excluding hydrogens is 258 g/mol. The van der Waals surface area contributed by atoms with Crippen LogP contribution in [0.5, 0.6) is 0 Å². The van der Waals surface area contributed by atoms with Gasteiger partial charge in [-0.3, -0.25) is 4.98 Å². The van der Waals surface area contributed by atoms with E-state index in [0.29, 0.717) is 19.5 Å². The molecule has 1 aromatic rings. The zero-order chi connectivity index (χ0) is 14.5. The van der Waals surface area contributed by atoms with Gasteiger partial charge in [0.05, 0.1) is 0 Å². The van der Waals surface area contributed by atoms with Crippen molar-refractivity contribution >= 4 is 12.0 Å². The van der Waals surface area contributed by atoms with E-state index in [1.807, 2.05) is 12.1 Å². The molecule has 1 N–H and O–H groups in total. The minimum atomic E-state index is -0.918. The molecule has 20 heavy (non-hydrogen) atoms. The van der Waals surface area contributed by atoms with Gasteiger partial charge in [0.1, 0.15) is 6.04 Å². The molecule has 2 amide bonds. The summed E-state index contributed by atoms with van der Waals surface area (Å²) in [6.07, 6.45) is 5.46. The summed E-state index contributed by atoms with van der Waals surface area (Å²) in [5.41, 5.74) is 1.11. The van der Waals surface area contributed by atoms with Crippen LogP contribution in [-0.4, -0.2) is 58.1 Å². The van der Waals surface area contributed by atoms with Crippen LogP contribution >= 0.6 is 0 Å². The monoisotopic (exact) mass is 277 g/mol. The lowest BCUT2D eigenvalue weighted by Gasteiger charge is -2.27. The van der Waals surface area contributed by atoms with Crippen molar-refractivity contribution in [2.24, 2.45) is 0 Å². The van der Waals surface area contributed by atoms with Gasteiger partial charge >= 0.3 is 12.0 Å². The number of likely N-dealkylation sites (tertiary alicyclic amines) is 1.